The zero-order valence-electron chi connectivity index (χ0n) is 10.7. The first-order valence-corrected chi connectivity index (χ1v) is 7.31. The van der Waals surface area contributed by atoms with Crippen LogP contribution < -0.4 is 0 Å². The maximum atomic E-state index is 10.1. The molecule has 4 fully saturated rings. The average molecular weight is 232 g/mol. The minimum atomic E-state index is -0.151. The molecular weight excluding hydrogens is 208 g/mol. The molecule has 1 nitrogen and oxygen atoms in total. The van der Waals surface area contributed by atoms with Crippen LogP contribution in [0.5, 0.6) is 0 Å². The van der Waals surface area contributed by atoms with Gasteiger partial charge in [-0.05, 0) is 74.5 Å². The maximum absolute atomic E-state index is 10.1. The number of aliphatic hydroxyl groups excluding tert-OH is 1. The van der Waals surface area contributed by atoms with E-state index in [2.05, 4.69) is 5.92 Å². The fourth-order valence-electron chi connectivity index (χ4n) is 5.39. The van der Waals surface area contributed by atoms with Gasteiger partial charge in [-0.15, -0.1) is 12.3 Å². The molecule has 4 aliphatic rings. The molecule has 0 heterocycles. The van der Waals surface area contributed by atoms with Crippen LogP contribution in [0.25, 0.3) is 0 Å². The van der Waals surface area contributed by atoms with E-state index in [1.54, 1.807) is 0 Å². The lowest BCUT2D eigenvalue weighted by molar-refractivity contribution is -0.0764. The number of aliphatic hydroxyl groups is 1. The van der Waals surface area contributed by atoms with E-state index in [1.807, 2.05) is 0 Å². The second-order valence-electron chi connectivity index (χ2n) is 7.02. The van der Waals surface area contributed by atoms with Crippen molar-refractivity contribution in [3.63, 3.8) is 0 Å². The topological polar surface area (TPSA) is 20.2 Å². The van der Waals surface area contributed by atoms with Gasteiger partial charge in [0, 0.05) is 6.42 Å². The molecule has 17 heavy (non-hydrogen) atoms. The Morgan fingerprint density at radius 1 is 1.12 bits per heavy atom. The molecule has 0 aliphatic heterocycles. The molecule has 4 bridgehead atoms. The van der Waals surface area contributed by atoms with Gasteiger partial charge in [-0.3, -0.25) is 0 Å². The van der Waals surface area contributed by atoms with Gasteiger partial charge >= 0.3 is 0 Å². The largest absolute Gasteiger partial charge is 0.393 e. The highest BCUT2D eigenvalue weighted by Crippen LogP contribution is 2.61. The van der Waals surface area contributed by atoms with Crippen LogP contribution in [0.15, 0.2) is 0 Å². The van der Waals surface area contributed by atoms with E-state index < -0.39 is 0 Å². The van der Waals surface area contributed by atoms with E-state index in [1.165, 1.54) is 38.5 Å². The summed E-state index contributed by atoms with van der Waals surface area (Å²) in [5.74, 6) is 5.61. The number of terminal acetylenes is 1. The molecule has 1 unspecified atom stereocenters. The summed E-state index contributed by atoms with van der Waals surface area (Å²) in [4.78, 5) is 0. The third kappa shape index (κ3) is 2.25. The summed E-state index contributed by atoms with van der Waals surface area (Å²) < 4.78 is 0. The zero-order valence-corrected chi connectivity index (χ0v) is 10.7. The summed E-state index contributed by atoms with van der Waals surface area (Å²) >= 11 is 0. The third-order valence-corrected chi connectivity index (χ3v) is 5.46. The van der Waals surface area contributed by atoms with Crippen molar-refractivity contribution in [3.05, 3.63) is 0 Å². The molecule has 0 aromatic heterocycles. The Morgan fingerprint density at radius 2 is 1.65 bits per heavy atom. The van der Waals surface area contributed by atoms with Gasteiger partial charge in [0.2, 0.25) is 0 Å². The molecular formula is C16H24O. The summed E-state index contributed by atoms with van der Waals surface area (Å²) in [6.45, 7) is 0. The van der Waals surface area contributed by atoms with Crippen LogP contribution in [-0.2, 0) is 0 Å². The predicted octanol–water partition coefficient (Wildman–Crippen LogP) is 3.37. The second-order valence-corrected chi connectivity index (χ2v) is 7.02. The van der Waals surface area contributed by atoms with E-state index in [-0.39, 0.29) is 6.10 Å². The highest BCUT2D eigenvalue weighted by atomic mass is 16.3. The Kier molecular flexibility index (Phi) is 2.95. The smallest absolute Gasteiger partial charge is 0.0554 e. The fraction of sp³-hybridized carbons (Fsp3) is 0.875. The van der Waals surface area contributed by atoms with Crippen molar-refractivity contribution < 1.29 is 5.11 Å². The normalized spacial score (nSPS) is 44.6. The lowest BCUT2D eigenvalue weighted by atomic mass is 9.48. The first-order valence-electron chi connectivity index (χ1n) is 7.31. The molecule has 4 aliphatic carbocycles. The zero-order chi connectivity index (χ0) is 11.9. The third-order valence-electron chi connectivity index (χ3n) is 5.46. The van der Waals surface area contributed by atoms with E-state index >= 15 is 0 Å². The summed E-state index contributed by atoms with van der Waals surface area (Å²) in [5.41, 5.74) is 0.503. The van der Waals surface area contributed by atoms with Crippen molar-refractivity contribution in [1.82, 2.24) is 0 Å². The summed E-state index contributed by atoms with van der Waals surface area (Å²) in [6.07, 6.45) is 16.3. The fourth-order valence-corrected chi connectivity index (χ4v) is 5.39. The van der Waals surface area contributed by atoms with Crippen molar-refractivity contribution in [2.75, 3.05) is 0 Å². The molecule has 0 amide bonds. The van der Waals surface area contributed by atoms with Crippen molar-refractivity contribution >= 4 is 0 Å². The van der Waals surface area contributed by atoms with Crippen molar-refractivity contribution in [1.29, 1.82) is 0 Å². The molecule has 0 spiro atoms. The van der Waals surface area contributed by atoms with Gasteiger partial charge in [0.05, 0.1) is 6.10 Å². The Balaban J connectivity index is 1.64. The first-order chi connectivity index (χ1) is 8.19. The Labute approximate surface area is 105 Å². The molecule has 4 rings (SSSR count). The Morgan fingerprint density at radius 3 is 2.12 bits per heavy atom. The standard InChI is InChI=1S/C16H24O/c1-2-3-4-15(17)11-16-8-12-5-13(9-16)7-14(6-12)10-16/h1,12-15,17H,3-11H2. The SMILES string of the molecule is C#CCCC(O)CC12CC3CC(CC(C3)C1)C2. The second kappa shape index (κ2) is 4.32. The van der Waals surface area contributed by atoms with Gasteiger partial charge in [0.1, 0.15) is 0 Å². The predicted molar refractivity (Wildman–Crippen MR) is 69.3 cm³/mol. The van der Waals surface area contributed by atoms with E-state index in [4.69, 9.17) is 6.42 Å². The minimum Gasteiger partial charge on any atom is -0.393 e. The van der Waals surface area contributed by atoms with Crippen molar-refractivity contribution in [3.8, 4) is 12.3 Å². The van der Waals surface area contributed by atoms with Gasteiger partial charge in [-0.2, -0.15) is 0 Å². The molecule has 1 atom stereocenters. The molecule has 0 aromatic rings. The number of hydrogen-bond donors (Lipinski definition) is 1. The minimum absolute atomic E-state index is 0.151. The monoisotopic (exact) mass is 232 g/mol. The molecule has 0 saturated heterocycles. The van der Waals surface area contributed by atoms with Crippen LogP contribution in [0.4, 0.5) is 0 Å². The lowest BCUT2D eigenvalue weighted by Crippen LogP contribution is -2.47. The van der Waals surface area contributed by atoms with Gasteiger partial charge in [0.15, 0.2) is 0 Å². The van der Waals surface area contributed by atoms with Crippen LogP contribution in [0.2, 0.25) is 0 Å². The Hall–Kier alpha value is -0.480. The van der Waals surface area contributed by atoms with E-state index in [0.29, 0.717) is 5.41 Å². The summed E-state index contributed by atoms with van der Waals surface area (Å²) in [6, 6.07) is 0. The van der Waals surface area contributed by atoms with Gasteiger partial charge in [-0.25, -0.2) is 0 Å². The van der Waals surface area contributed by atoms with Crippen LogP contribution in [0.3, 0.4) is 0 Å². The number of hydrogen-bond acceptors (Lipinski definition) is 1. The lowest BCUT2D eigenvalue weighted by Gasteiger charge is -2.57. The first kappa shape index (κ1) is 11.6. The maximum Gasteiger partial charge on any atom is 0.0554 e. The molecule has 1 heteroatoms. The average Bonchev–Trinajstić information content (AvgIpc) is 2.23. The molecule has 1 N–H and O–H groups in total. The molecule has 94 valence electrons. The van der Waals surface area contributed by atoms with Gasteiger partial charge in [0.25, 0.3) is 0 Å². The highest BCUT2D eigenvalue weighted by molar-refractivity contribution is 5.02. The highest BCUT2D eigenvalue weighted by Gasteiger charge is 2.51. The van der Waals surface area contributed by atoms with Gasteiger partial charge in [-0.1, -0.05) is 0 Å². The van der Waals surface area contributed by atoms with E-state index in [9.17, 15) is 5.11 Å². The van der Waals surface area contributed by atoms with E-state index in [0.717, 1.165) is 37.0 Å². The molecule has 0 radical (unpaired) electrons. The summed E-state index contributed by atoms with van der Waals surface area (Å²) in [7, 11) is 0. The molecule has 4 saturated carbocycles. The van der Waals surface area contributed by atoms with Gasteiger partial charge < -0.3 is 5.11 Å². The van der Waals surface area contributed by atoms with Crippen LogP contribution in [0.1, 0.15) is 57.8 Å². The Bertz CT molecular complexity index is 290. The van der Waals surface area contributed by atoms with Crippen molar-refractivity contribution in [2.45, 2.75) is 63.9 Å². The molecule has 0 aromatic carbocycles. The number of rotatable bonds is 4. The van der Waals surface area contributed by atoms with Crippen LogP contribution in [0, 0.1) is 35.5 Å². The summed E-state index contributed by atoms with van der Waals surface area (Å²) in [5, 5.41) is 10.1. The van der Waals surface area contributed by atoms with Crippen LogP contribution in [-0.4, -0.2) is 11.2 Å². The quantitative estimate of drug-likeness (QED) is 0.737. The van der Waals surface area contributed by atoms with Crippen LogP contribution >= 0.6 is 0 Å². The van der Waals surface area contributed by atoms with Crippen molar-refractivity contribution in [2.24, 2.45) is 23.2 Å².